The molecule has 2 amide bonds. The van der Waals surface area contributed by atoms with Gasteiger partial charge in [-0.15, -0.1) is 0 Å². The van der Waals surface area contributed by atoms with Gasteiger partial charge in [-0.25, -0.2) is 15.0 Å². The van der Waals surface area contributed by atoms with E-state index in [1.54, 1.807) is 0 Å². The van der Waals surface area contributed by atoms with Gasteiger partial charge < -0.3 is 9.47 Å². The van der Waals surface area contributed by atoms with Crippen molar-refractivity contribution < 1.29 is 23.9 Å². The summed E-state index contributed by atoms with van der Waals surface area (Å²) in [6.45, 7) is 0.105. The van der Waals surface area contributed by atoms with E-state index in [-0.39, 0.29) is 12.5 Å². The van der Waals surface area contributed by atoms with Gasteiger partial charge in [-0.2, -0.15) is 0 Å². The predicted molar refractivity (Wildman–Crippen MR) is 88.4 cm³/mol. The molecule has 0 unspecified atom stereocenters. The average molecular weight is 340 g/mol. The van der Waals surface area contributed by atoms with Crippen LogP contribution in [0.4, 0.5) is 4.79 Å². The number of methoxy groups -OCH3 is 1. The lowest BCUT2D eigenvalue weighted by molar-refractivity contribution is -0.153. The van der Waals surface area contributed by atoms with E-state index in [9.17, 15) is 14.4 Å². The minimum absolute atomic E-state index is 0.0885. The minimum Gasteiger partial charge on any atom is -0.462 e. The minimum atomic E-state index is -1.11. The van der Waals surface area contributed by atoms with E-state index in [0.29, 0.717) is 0 Å². The summed E-state index contributed by atoms with van der Waals surface area (Å²) in [4.78, 5) is 33.9. The number of carbonyl (C=O) groups is 3. The lowest BCUT2D eigenvalue weighted by Crippen LogP contribution is -2.45. The first-order valence-electron chi connectivity index (χ1n) is 7.61. The Hall–Kier alpha value is -3.35. The van der Waals surface area contributed by atoms with E-state index >= 15 is 0 Å². The monoisotopic (exact) mass is 340 g/mol. The second-order valence-electron chi connectivity index (χ2n) is 5.40. The van der Waals surface area contributed by atoms with E-state index in [0.717, 1.165) is 29.4 Å². The largest absolute Gasteiger partial charge is 0.462 e. The number of fused-ring (bicyclic) bond motifs is 3. The summed E-state index contributed by atoms with van der Waals surface area (Å²) in [5.41, 5.74) is 8.31. The van der Waals surface area contributed by atoms with Gasteiger partial charge in [-0.3, -0.25) is 10.2 Å². The Morgan fingerprint density at radius 1 is 0.920 bits per heavy atom. The number of hydrogen-bond donors (Lipinski definition) is 2. The van der Waals surface area contributed by atoms with E-state index in [1.165, 1.54) is 0 Å². The fraction of sp³-hybridized carbons (Fsp3) is 0.167. The Labute approximate surface area is 143 Å². The zero-order valence-electron chi connectivity index (χ0n) is 13.4. The van der Waals surface area contributed by atoms with Crippen molar-refractivity contribution in [3.05, 3.63) is 59.7 Å². The normalized spacial score (nSPS) is 11.9. The van der Waals surface area contributed by atoms with Gasteiger partial charge in [0.15, 0.2) is 0 Å². The molecule has 0 spiro atoms. The van der Waals surface area contributed by atoms with E-state index in [1.807, 2.05) is 59.4 Å². The van der Waals surface area contributed by atoms with Crippen molar-refractivity contribution in [2.45, 2.75) is 5.92 Å². The second kappa shape index (κ2) is 7.04. The highest BCUT2D eigenvalue weighted by molar-refractivity contribution is 6.32. The van der Waals surface area contributed by atoms with Crippen LogP contribution < -0.4 is 10.9 Å². The first-order chi connectivity index (χ1) is 12.1. The van der Waals surface area contributed by atoms with Crippen LogP contribution >= 0.6 is 0 Å². The maximum Gasteiger partial charge on any atom is 0.426 e. The van der Waals surface area contributed by atoms with Crippen molar-refractivity contribution in [2.24, 2.45) is 0 Å². The highest BCUT2D eigenvalue weighted by Crippen LogP contribution is 2.44. The molecule has 2 N–H and O–H groups in total. The van der Waals surface area contributed by atoms with Gasteiger partial charge in [0.2, 0.25) is 0 Å². The summed E-state index contributed by atoms with van der Waals surface area (Å²) < 4.78 is 9.41. The molecule has 7 nitrogen and oxygen atoms in total. The van der Waals surface area contributed by atoms with Gasteiger partial charge in [-0.05, 0) is 22.3 Å². The number of rotatable bonds is 2. The molecule has 0 fully saturated rings. The number of ether oxygens (including phenoxy) is 2. The van der Waals surface area contributed by atoms with Crippen LogP contribution in [0.2, 0.25) is 0 Å². The highest BCUT2D eigenvalue weighted by atomic mass is 16.6. The molecule has 0 aliphatic heterocycles. The van der Waals surface area contributed by atoms with Crippen molar-refractivity contribution in [3.63, 3.8) is 0 Å². The number of esters is 1. The molecule has 7 heteroatoms. The Kier molecular flexibility index (Phi) is 4.65. The third-order valence-corrected chi connectivity index (χ3v) is 3.99. The van der Waals surface area contributed by atoms with Gasteiger partial charge in [0.1, 0.15) is 6.61 Å². The molecule has 0 atom stereocenters. The molecule has 1 aliphatic carbocycles. The lowest BCUT2D eigenvalue weighted by atomic mass is 9.98. The quantitative estimate of drug-likeness (QED) is 0.493. The third-order valence-electron chi connectivity index (χ3n) is 3.99. The molecular formula is C18H16N2O5. The number of hydrogen-bond acceptors (Lipinski definition) is 5. The van der Waals surface area contributed by atoms with Gasteiger partial charge in [0.25, 0.3) is 0 Å². The van der Waals surface area contributed by atoms with Crippen LogP contribution in [0, 0.1) is 0 Å². The molecule has 2 aromatic carbocycles. The smallest absolute Gasteiger partial charge is 0.426 e. The van der Waals surface area contributed by atoms with Crippen molar-refractivity contribution in [3.8, 4) is 11.1 Å². The Bertz CT molecular complexity index is 788. The van der Waals surface area contributed by atoms with E-state index in [4.69, 9.17) is 4.74 Å². The van der Waals surface area contributed by atoms with Crippen molar-refractivity contribution >= 4 is 18.0 Å². The molecule has 0 heterocycles. The molecule has 1 aliphatic rings. The van der Waals surface area contributed by atoms with Crippen molar-refractivity contribution in [1.29, 1.82) is 0 Å². The van der Waals surface area contributed by atoms with Crippen LogP contribution in [0.1, 0.15) is 17.0 Å². The van der Waals surface area contributed by atoms with Gasteiger partial charge in [0.05, 0.1) is 7.11 Å². The highest BCUT2D eigenvalue weighted by Gasteiger charge is 2.29. The number of carbonyl (C=O) groups excluding carboxylic acids is 3. The maximum atomic E-state index is 11.7. The molecule has 0 saturated carbocycles. The fourth-order valence-electron chi connectivity index (χ4n) is 2.89. The van der Waals surface area contributed by atoms with Crippen LogP contribution in [0.25, 0.3) is 11.1 Å². The third kappa shape index (κ3) is 3.30. The maximum absolute atomic E-state index is 11.7. The predicted octanol–water partition coefficient (Wildman–Crippen LogP) is 1.73. The Morgan fingerprint density at radius 2 is 1.48 bits per heavy atom. The van der Waals surface area contributed by atoms with E-state index in [2.05, 4.69) is 4.74 Å². The zero-order chi connectivity index (χ0) is 17.8. The molecular weight excluding hydrogens is 324 g/mol. The number of nitrogens with one attached hydrogen (secondary N) is 2. The molecule has 3 rings (SSSR count). The molecule has 0 radical (unpaired) electrons. The molecule has 0 bridgehead atoms. The standard InChI is InChI=1S/C18H16N2O5/c1-24-17(22)16(21)19-20-18(23)25-10-15-13-8-4-2-6-11(13)12-7-3-5-9-14(12)15/h2-9,15H,10H2,1H3,(H,19,21)(H,20,23). The molecule has 25 heavy (non-hydrogen) atoms. The summed E-state index contributed by atoms with van der Waals surface area (Å²) >= 11 is 0. The summed E-state index contributed by atoms with van der Waals surface area (Å²) in [7, 11) is 1.06. The topological polar surface area (TPSA) is 93.7 Å². The molecule has 0 aromatic heterocycles. The van der Waals surface area contributed by atoms with Crippen molar-refractivity contribution in [2.75, 3.05) is 13.7 Å². The Balaban J connectivity index is 1.65. The van der Waals surface area contributed by atoms with Gasteiger partial charge in [0, 0.05) is 5.92 Å². The van der Waals surface area contributed by atoms with Crippen molar-refractivity contribution in [1.82, 2.24) is 10.9 Å². The summed E-state index contributed by atoms with van der Waals surface area (Å²) in [5.74, 6) is -2.29. The molecule has 2 aromatic rings. The van der Waals surface area contributed by atoms with Crippen LogP contribution in [-0.4, -0.2) is 31.7 Å². The SMILES string of the molecule is COC(=O)C(=O)NNC(=O)OCC1c2ccccc2-c2ccccc21. The summed E-state index contributed by atoms with van der Waals surface area (Å²) in [5, 5.41) is 0. The lowest BCUT2D eigenvalue weighted by Gasteiger charge is -2.14. The number of hydrazine groups is 1. The van der Waals surface area contributed by atoms with Gasteiger partial charge in [-0.1, -0.05) is 48.5 Å². The van der Waals surface area contributed by atoms with Crippen LogP contribution in [-0.2, 0) is 19.1 Å². The number of benzene rings is 2. The van der Waals surface area contributed by atoms with Crippen LogP contribution in [0.5, 0.6) is 0 Å². The first kappa shape index (κ1) is 16.5. The number of amides is 2. The zero-order valence-corrected chi connectivity index (χ0v) is 13.4. The Morgan fingerprint density at radius 3 is 2.04 bits per heavy atom. The van der Waals surface area contributed by atoms with Gasteiger partial charge >= 0.3 is 18.0 Å². The molecule has 0 saturated heterocycles. The van der Waals surface area contributed by atoms with Crippen LogP contribution in [0.15, 0.2) is 48.5 Å². The summed E-state index contributed by atoms with van der Waals surface area (Å²) in [6.07, 6.45) is -0.862. The summed E-state index contributed by atoms with van der Waals surface area (Å²) in [6, 6.07) is 15.9. The second-order valence-corrected chi connectivity index (χ2v) is 5.40. The average Bonchev–Trinajstić information content (AvgIpc) is 2.97. The first-order valence-corrected chi connectivity index (χ1v) is 7.61. The van der Waals surface area contributed by atoms with Crippen LogP contribution in [0.3, 0.4) is 0 Å². The van der Waals surface area contributed by atoms with E-state index < -0.39 is 18.0 Å². The fourth-order valence-corrected chi connectivity index (χ4v) is 2.89. The molecule has 128 valence electrons.